The average Bonchev–Trinajstić information content (AvgIpc) is 2.59. The zero-order valence-corrected chi connectivity index (χ0v) is 8.87. The predicted molar refractivity (Wildman–Crippen MR) is 57.3 cm³/mol. The molecule has 0 bridgehead atoms. The van der Waals surface area contributed by atoms with E-state index in [1.54, 1.807) is 0 Å². The van der Waals surface area contributed by atoms with Gasteiger partial charge in [-0.2, -0.15) is 0 Å². The number of rotatable bonds is 3. The highest BCUT2D eigenvalue weighted by Crippen LogP contribution is 2.29. The molecule has 78 valence electrons. The normalized spacial score (nSPS) is 20.9. The van der Waals surface area contributed by atoms with Crippen LogP contribution < -0.4 is 5.73 Å². The minimum Gasteiger partial charge on any atom is -0.334 e. The molecule has 0 aliphatic carbocycles. The first-order valence-electron chi connectivity index (χ1n) is 5.57. The number of hydrogen-bond donors (Lipinski definition) is 1. The molecule has 0 spiro atoms. The maximum atomic E-state index is 5.52. The van der Waals surface area contributed by atoms with Crippen molar-refractivity contribution in [2.24, 2.45) is 5.73 Å². The van der Waals surface area contributed by atoms with Crippen molar-refractivity contribution in [3.63, 3.8) is 0 Å². The zero-order chi connectivity index (χ0) is 9.97. The topological polar surface area (TPSA) is 43.8 Å². The molecule has 0 radical (unpaired) electrons. The van der Waals surface area contributed by atoms with E-state index in [-0.39, 0.29) is 0 Å². The second-order valence-electron chi connectivity index (χ2n) is 4.21. The molecule has 1 aromatic heterocycles. The Morgan fingerprint density at radius 2 is 2.50 bits per heavy atom. The molecule has 1 aliphatic rings. The zero-order valence-electron chi connectivity index (χ0n) is 8.87. The van der Waals surface area contributed by atoms with Crippen molar-refractivity contribution in [2.75, 3.05) is 6.54 Å². The van der Waals surface area contributed by atoms with Crippen molar-refractivity contribution < 1.29 is 0 Å². The van der Waals surface area contributed by atoms with E-state index in [9.17, 15) is 0 Å². The van der Waals surface area contributed by atoms with Gasteiger partial charge >= 0.3 is 0 Å². The van der Waals surface area contributed by atoms with Crippen molar-refractivity contribution in [1.29, 1.82) is 0 Å². The van der Waals surface area contributed by atoms with Crippen molar-refractivity contribution in [2.45, 2.75) is 45.1 Å². The van der Waals surface area contributed by atoms with Crippen LogP contribution in [0, 0.1) is 0 Å². The molecule has 0 fully saturated rings. The molecule has 0 amide bonds. The Morgan fingerprint density at radius 3 is 3.29 bits per heavy atom. The monoisotopic (exact) mass is 193 g/mol. The van der Waals surface area contributed by atoms with Gasteiger partial charge in [-0.3, -0.25) is 0 Å². The molecular weight excluding hydrogens is 174 g/mol. The molecule has 1 aromatic rings. The second kappa shape index (κ2) is 4.13. The number of hydrogen-bond acceptors (Lipinski definition) is 2. The largest absolute Gasteiger partial charge is 0.334 e. The third kappa shape index (κ3) is 1.69. The summed E-state index contributed by atoms with van der Waals surface area (Å²) in [4.78, 5) is 4.49. The Kier molecular flexibility index (Phi) is 2.87. The van der Waals surface area contributed by atoms with Crippen molar-refractivity contribution >= 4 is 0 Å². The van der Waals surface area contributed by atoms with Gasteiger partial charge in [-0.25, -0.2) is 4.98 Å². The van der Waals surface area contributed by atoms with Crippen LogP contribution in [0.4, 0.5) is 0 Å². The van der Waals surface area contributed by atoms with Gasteiger partial charge in [0.15, 0.2) is 0 Å². The van der Waals surface area contributed by atoms with Gasteiger partial charge in [0.2, 0.25) is 0 Å². The second-order valence-corrected chi connectivity index (χ2v) is 4.21. The van der Waals surface area contributed by atoms with Crippen molar-refractivity contribution in [3.05, 3.63) is 17.7 Å². The summed E-state index contributed by atoms with van der Waals surface area (Å²) in [5.74, 6) is 0.680. The van der Waals surface area contributed by atoms with E-state index in [4.69, 9.17) is 5.73 Å². The molecule has 1 atom stereocenters. The fraction of sp³-hybridized carbons (Fsp3) is 0.727. The van der Waals surface area contributed by atoms with Crippen LogP contribution >= 0.6 is 0 Å². The predicted octanol–water partition coefficient (Wildman–Crippen LogP) is 1.67. The SMILES string of the molecule is CC1CCCn2cnc(CCCN)c21. The smallest absolute Gasteiger partial charge is 0.0951 e. The molecule has 2 rings (SSSR count). The van der Waals surface area contributed by atoms with Crippen LogP contribution in [-0.2, 0) is 13.0 Å². The standard InChI is InChI=1S/C11H19N3/c1-9-4-3-7-14-8-13-10(11(9)14)5-2-6-12/h8-9H,2-7,12H2,1H3. The number of fused-ring (bicyclic) bond motifs is 1. The average molecular weight is 193 g/mol. The van der Waals surface area contributed by atoms with E-state index in [1.165, 1.54) is 24.2 Å². The Bertz CT molecular complexity index is 303. The summed E-state index contributed by atoms with van der Waals surface area (Å²) in [6.45, 7) is 4.22. The first-order valence-corrected chi connectivity index (χ1v) is 5.57. The maximum Gasteiger partial charge on any atom is 0.0951 e. The number of aromatic nitrogens is 2. The van der Waals surface area contributed by atoms with Crippen molar-refractivity contribution in [3.8, 4) is 0 Å². The van der Waals surface area contributed by atoms with Gasteiger partial charge in [-0.15, -0.1) is 0 Å². The van der Waals surface area contributed by atoms with E-state index in [2.05, 4.69) is 16.5 Å². The van der Waals surface area contributed by atoms with E-state index in [0.29, 0.717) is 5.92 Å². The van der Waals surface area contributed by atoms with Gasteiger partial charge in [0.05, 0.1) is 12.0 Å². The van der Waals surface area contributed by atoms with Crippen LogP contribution in [0.5, 0.6) is 0 Å². The van der Waals surface area contributed by atoms with Gasteiger partial charge in [-0.05, 0) is 38.1 Å². The van der Waals surface area contributed by atoms with Gasteiger partial charge in [0, 0.05) is 12.2 Å². The number of aryl methyl sites for hydroxylation is 2. The minimum absolute atomic E-state index is 0.680. The fourth-order valence-electron chi connectivity index (χ4n) is 2.35. The van der Waals surface area contributed by atoms with Gasteiger partial charge in [0.1, 0.15) is 0 Å². The molecule has 1 aliphatic heterocycles. The first-order chi connectivity index (χ1) is 6.83. The highest BCUT2D eigenvalue weighted by Gasteiger charge is 2.20. The Hall–Kier alpha value is -0.830. The molecular formula is C11H19N3. The molecule has 0 saturated carbocycles. The highest BCUT2D eigenvalue weighted by atomic mass is 15.1. The number of nitrogens with two attached hydrogens (primary N) is 1. The molecule has 0 saturated heterocycles. The first kappa shape index (κ1) is 9.71. The van der Waals surface area contributed by atoms with Crippen LogP contribution in [0.3, 0.4) is 0 Å². The third-order valence-electron chi connectivity index (χ3n) is 3.08. The lowest BCUT2D eigenvalue weighted by Gasteiger charge is -2.21. The number of nitrogens with zero attached hydrogens (tertiary/aromatic N) is 2. The van der Waals surface area contributed by atoms with Crippen molar-refractivity contribution in [1.82, 2.24) is 9.55 Å². The quantitative estimate of drug-likeness (QED) is 0.793. The minimum atomic E-state index is 0.680. The van der Waals surface area contributed by atoms with Crippen LogP contribution in [0.15, 0.2) is 6.33 Å². The maximum absolute atomic E-state index is 5.52. The Labute approximate surface area is 85.3 Å². The summed E-state index contributed by atoms with van der Waals surface area (Å²) >= 11 is 0. The highest BCUT2D eigenvalue weighted by molar-refractivity contribution is 5.19. The van der Waals surface area contributed by atoms with Crippen LogP contribution in [0.1, 0.15) is 43.5 Å². The Morgan fingerprint density at radius 1 is 1.64 bits per heavy atom. The van der Waals surface area contributed by atoms with Crippen LogP contribution in [-0.4, -0.2) is 16.1 Å². The summed E-state index contributed by atoms with van der Waals surface area (Å²) in [7, 11) is 0. The fourth-order valence-corrected chi connectivity index (χ4v) is 2.35. The molecule has 1 unspecified atom stereocenters. The summed E-state index contributed by atoms with van der Waals surface area (Å²) in [5, 5.41) is 0. The lowest BCUT2D eigenvalue weighted by atomic mass is 9.95. The van der Waals surface area contributed by atoms with E-state index >= 15 is 0 Å². The van der Waals surface area contributed by atoms with Gasteiger partial charge in [-0.1, -0.05) is 6.92 Å². The lowest BCUT2D eigenvalue weighted by Crippen LogP contribution is -2.14. The number of imidazole rings is 1. The molecule has 2 heterocycles. The lowest BCUT2D eigenvalue weighted by molar-refractivity contribution is 0.471. The van der Waals surface area contributed by atoms with Crippen LogP contribution in [0.25, 0.3) is 0 Å². The van der Waals surface area contributed by atoms with E-state index in [0.717, 1.165) is 25.9 Å². The third-order valence-corrected chi connectivity index (χ3v) is 3.08. The summed E-state index contributed by atoms with van der Waals surface area (Å²) < 4.78 is 2.32. The molecule has 2 N–H and O–H groups in total. The van der Waals surface area contributed by atoms with Gasteiger partial charge in [0.25, 0.3) is 0 Å². The summed E-state index contributed by atoms with van der Waals surface area (Å²) in [6.07, 6.45) is 6.69. The summed E-state index contributed by atoms with van der Waals surface area (Å²) in [6, 6.07) is 0. The van der Waals surface area contributed by atoms with Crippen LogP contribution in [0.2, 0.25) is 0 Å². The molecule has 3 heteroatoms. The summed E-state index contributed by atoms with van der Waals surface area (Å²) in [5.41, 5.74) is 8.26. The van der Waals surface area contributed by atoms with Gasteiger partial charge < -0.3 is 10.3 Å². The van der Waals surface area contributed by atoms with E-state index in [1.807, 2.05) is 6.33 Å². The Balaban J connectivity index is 2.20. The molecule has 14 heavy (non-hydrogen) atoms. The van der Waals surface area contributed by atoms with E-state index < -0.39 is 0 Å². The molecule has 3 nitrogen and oxygen atoms in total. The molecule has 0 aromatic carbocycles.